The normalized spacial score (nSPS) is 19.8. The highest BCUT2D eigenvalue weighted by atomic mass is 19.1. The molecular formula is C17H25FN2O. The Labute approximate surface area is 126 Å². The molecule has 1 aromatic carbocycles. The molecular weight excluding hydrogens is 267 g/mol. The van der Waals surface area contributed by atoms with Crippen LogP contribution in [-0.2, 0) is 11.2 Å². The summed E-state index contributed by atoms with van der Waals surface area (Å²) in [6.45, 7) is 3.80. The second-order valence-corrected chi connectivity index (χ2v) is 6.08. The van der Waals surface area contributed by atoms with Crippen molar-refractivity contribution in [2.75, 3.05) is 20.1 Å². The molecule has 4 heteroatoms. The SMILES string of the molecule is CNCC1CCCN1C(=O)CC(C)Cc1cccc(F)c1. The number of nitrogens with zero attached hydrogens (tertiary/aromatic N) is 1. The molecule has 2 atom stereocenters. The first-order chi connectivity index (χ1) is 10.1. The van der Waals surface area contributed by atoms with Crippen molar-refractivity contribution in [3.05, 3.63) is 35.6 Å². The van der Waals surface area contributed by atoms with Crippen LogP contribution in [0.5, 0.6) is 0 Å². The lowest BCUT2D eigenvalue weighted by molar-refractivity contribution is -0.132. The third kappa shape index (κ3) is 4.53. The van der Waals surface area contributed by atoms with Crippen molar-refractivity contribution >= 4 is 5.91 Å². The summed E-state index contributed by atoms with van der Waals surface area (Å²) < 4.78 is 13.2. The van der Waals surface area contributed by atoms with Crippen molar-refractivity contribution in [2.45, 2.75) is 38.6 Å². The molecule has 3 nitrogen and oxygen atoms in total. The Kier molecular flexibility index (Phi) is 5.74. The van der Waals surface area contributed by atoms with Gasteiger partial charge in [0, 0.05) is 25.6 Å². The lowest BCUT2D eigenvalue weighted by Crippen LogP contribution is -2.41. The van der Waals surface area contributed by atoms with E-state index in [0.717, 1.165) is 37.9 Å². The number of carbonyl (C=O) groups excluding carboxylic acids is 1. The van der Waals surface area contributed by atoms with Crippen molar-refractivity contribution in [1.29, 1.82) is 0 Å². The van der Waals surface area contributed by atoms with Gasteiger partial charge >= 0.3 is 0 Å². The molecule has 0 aliphatic carbocycles. The van der Waals surface area contributed by atoms with Crippen LogP contribution in [-0.4, -0.2) is 37.0 Å². The number of likely N-dealkylation sites (N-methyl/N-ethyl adjacent to an activating group) is 1. The van der Waals surface area contributed by atoms with Crippen LogP contribution in [0.1, 0.15) is 31.7 Å². The second-order valence-electron chi connectivity index (χ2n) is 6.08. The molecule has 2 rings (SSSR count). The van der Waals surface area contributed by atoms with Gasteiger partial charge in [0.15, 0.2) is 0 Å². The molecule has 1 aliphatic rings. The van der Waals surface area contributed by atoms with Crippen molar-refractivity contribution in [1.82, 2.24) is 10.2 Å². The highest BCUT2D eigenvalue weighted by molar-refractivity contribution is 5.77. The van der Waals surface area contributed by atoms with E-state index in [1.54, 1.807) is 12.1 Å². The molecule has 0 saturated carbocycles. The van der Waals surface area contributed by atoms with Gasteiger partial charge in [0.05, 0.1) is 0 Å². The van der Waals surface area contributed by atoms with Crippen LogP contribution in [0.25, 0.3) is 0 Å². The summed E-state index contributed by atoms with van der Waals surface area (Å²) in [6, 6.07) is 6.99. The maximum atomic E-state index is 13.2. The van der Waals surface area contributed by atoms with Crippen molar-refractivity contribution < 1.29 is 9.18 Å². The molecule has 1 aliphatic heterocycles. The summed E-state index contributed by atoms with van der Waals surface area (Å²) in [4.78, 5) is 14.4. The van der Waals surface area contributed by atoms with Crippen LogP contribution < -0.4 is 5.32 Å². The Morgan fingerprint density at radius 2 is 2.33 bits per heavy atom. The number of carbonyl (C=O) groups is 1. The van der Waals surface area contributed by atoms with Gasteiger partial charge in [-0.25, -0.2) is 4.39 Å². The third-order valence-corrected chi connectivity index (χ3v) is 4.13. The van der Waals surface area contributed by atoms with E-state index in [2.05, 4.69) is 12.2 Å². The smallest absolute Gasteiger partial charge is 0.223 e. The topological polar surface area (TPSA) is 32.3 Å². The molecule has 0 radical (unpaired) electrons. The predicted octanol–water partition coefficient (Wildman–Crippen LogP) is 2.60. The number of halogens is 1. The highest BCUT2D eigenvalue weighted by Gasteiger charge is 2.28. The monoisotopic (exact) mass is 292 g/mol. The number of nitrogens with one attached hydrogen (secondary N) is 1. The molecule has 1 amide bonds. The van der Waals surface area contributed by atoms with E-state index < -0.39 is 0 Å². The minimum Gasteiger partial charge on any atom is -0.338 e. The lowest BCUT2D eigenvalue weighted by atomic mass is 9.97. The van der Waals surface area contributed by atoms with E-state index in [4.69, 9.17) is 0 Å². The van der Waals surface area contributed by atoms with Crippen LogP contribution >= 0.6 is 0 Å². The first-order valence-corrected chi connectivity index (χ1v) is 7.78. The Morgan fingerprint density at radius 3 is 3.05 bits per heavy atom. The number of hydrogen-bond donors (Lipinski definition) is 1. The van der Waals surface area contributed by atoms with Gasteiger partial charge in [-0.15, -0.1) is 0 Å². The van der Waals surface area contributed by atoms with Gasteiger partial charge in [0.1, 0.15) is 5.82 Å². The minimum atomic E-state index is -0.209. The first-order valence-electron chi connectivity index (χ1n) is 7.78. The average Bonchev–Trinajstić information content (AvgIpc) is 2.87. The second kappa shape index (κ2) is 7.55. The number of benzene rings is 1. The van der Waals surface area contributed by atoms with E-state index in [-0.39, 0.29) is 17.6 Å². The Bertz CT molecular complexity index is 478. The molecule has 0 bridgehead atoms. The molecule has 21 heavy (non-hydrogen) atoms. The molecule has 1 N–H and O–H groups in total. The number of likely N-dealkylation sites (tertiary alicyclic amines) is 1. The lowest BCUT2D eigenvalue weighted by Gasteiger charge is -2.26. The maximum Gasteiger partial charge on any atom is 0.223 e. The zero-order valence-electron chi connectivity index (χ0n) is 12.9. The van der Waals surface area contributed by atoms with Gasteiger partial charge in [-0.2, -0.15) is 0 Å². The van der Waals surface area contributed by atoms with Crippen molar-refractivity contribution in [3.63, 3.8) is 0 Å². The number of hydrogen-bond acceptors (Lipinski definition) is 2. The summed E-state index contributed by atoms with van der Waals surface area (Å²) in [5.74, 6) is 0.256. The van der Waals surface area contributed by atoms with Gasteiger partial charge in [-0.05, 0) is 49.9 Å². The molecule has 116 valence electrons. The van der Waals surface area contributed by atoms with Crippen molar-refractivity contribution in [3.8, 4) is 0 Å². The van der Waals surface area contributed by atoms with E-state index in [1.165, 1.54) is 6.07 Å². The predicted molar refractivity (Wildman–Crippen MR) is 82.5 cm³/mol. The standard InChI is InChI=1S/C17H25FN2O/c1-13(9-14-5-3-6-15(18)11-14)10-17(21)20-8-4-7-16(20)12-19-2/h3,5-6,11,13,16,19H,4,7-10,12H2,1-2H3. The van der Waals surface area contributed by atoms with Gasteiger partial charge in [-0.3, -0.25) is 4.79 Å². The number of amides is 1. The van der Waals surface area contributed by atoms with Crippen LogP contribution in [0, 0.1) is 11.7 Å². The third-order valence-electron chi connectivity index (χ3n) is 4.13. The minimum absolute atomic E-state index is 0.209. The summed E-state index contributed by atoms with van der Waals surface area (Å²) in [7, 11) is 1.92. The summed E-state index contributed by atoms with van der Waals surface area (Å²) in [5, 5.41) is 3.16. The Morgan fingerprint density at radius 1 is 1.52 bits per heavy atom. The van der Waals surface area contributed by atoms with Gasteiger partial charge in [0.25, 0.3) is 0 Å². The largest absolute Gasteiger partial charge is 0.338 e. The summed E-state index contributed by atoms with van der Waals surface area (Å²) >= 11 is 0. The molecule has 0 spiro atoms. The molecule has 1 fully saturated rings. The fourth-order valence-corrected chi connectivity index (χ4v) is 3.17. The molecule has 1 saturated heterocycles. The van der Waals surface area contributed by atoms with Gasteiger partial charge in [-0.1, -0.05) is 19.1 Å². The Balaban J connectivity index is 1.87. The van der Waals surface area contributed by atoms with Crippen LogP contribution in [0.4, 0.5) is 4.39 Å². The average molecular weight is 292 g/mol. The van der Waals surface area contributed by atoms with Gasteiger partial charge in [0.2, 0.25) is 5.91 Å². The fraction of sp³-hybridized carbons (Fsp3) is 0.588. The fourth-order valence-electron chi connectivity index (χ4n) is 3.17. The summed E-state index contributed by atoms with van der Waals surface area (Å²) in [6.07, 6.45) is 3.46. The zero-order chi connectivity index (χ0) is 15.2. The van der Waals surface area contributed by atoms with Crippen molar-refractivity contribution in [2.24, 2.45) is 5.92 Å². The van der Waals surface area contributed by atoms with E-state index >= 15 is 0 Å². The molecule has 1 aromatic rings. The van der Waals surface area contributed by atoms with E-state index in [9.17, 15) is 9.18 Å². The van der Waals surface area contributed by atoms with Crippen LogP contribution in [0.15, 0.2) is 24.3 Å². The van der Waals surface area contributed by atoms with Gasteiger partial charge < -0.3 is 10.2 Å². The maximum absolute atomic E-state index is 13.2. The molecule has 1 heterocycles. The zero-order valence-corrected chi connectivity index (χ0v) is 12.9. The van der Waals surface area contributed by atoms with E-state index in [0.29, 0.717) is 12.5 Å². The van der Waals surface area contributed by atoms with E-state index in [1.807, 2.05) is 18.0 Å². The summed E-state index contributed by atoms with van der Waals surface area (Å²) in [5.41, 5.74) is 0.962. The Hall–Kier alpha value is -1.42. The molecule has 2 unspecified atom stereocenters. The molecule has 0 aromatic heterocycles. The quantitative estimate of drug-likeness (QED) is 0.874. The number of rotatable bonds is 6. The van der Waals surface area contributed by atoms with Crippen LogP contribution in [0.2, 0.25) is 0 Å². The van der Waals surface area contributed by atoms with Crippen LogP contribution in [0.3, 0.4) is 0 Å². The highest BCUT2D eigenvalue weighted by Crippen LogP contribution is 2.20. The first kappa shape index (κ1) is 16.0.